The summed E-state index contributed by atoms with van der Waals surface area (Å²) >= 11 is 1.42. The third-order valence-electron chi connectivity index (χ3n) is 4.60. The lowest BCUT2D eigenvalue weighted by atomic mass is 10.1. The molecule has 0 atom stereocenters. The predicted molar refractivity (Wildman–Crippen MR) is 141 cm³/mol. The average molecular weight is 482 g/mol. The standard InChI is InChI=1S/C16H12N2OS.C7H11NO2.2C2H6/c19-15(13-9-5-2-6-10-13)18-16-17-14(11-20-16)12-7-3-1-4-8-12;1-6(9)8-4-2-7(10)3-5-8;2*1-2/h1-11H,(H,17,18,19);2-5H2,1H3;2*1-2H3. The molecule has 0 spiro atoms. The average Bonchev–Trinajstić information content (AvgIpc) is 3.37. The number of likely N-dealkylation sites (tertiary alicyclic amines) is 1. The van der Waals surface area contributed by atoms with Crippen LogP contribution in [0.15, 0.2) is 66.0 Å². The van der Waals surface area contributed by atoms with Crippen LogP contribution >= 0.6 is 11.3 Å². The molecule has 0 bridgehead atoms. The highest BCUT2D eigenvalue weighted by Crippen LogP contribution is 2.24. The summed E-state index contributed by atoms with van der Waals surface area (Å²) in [6, 6.07) is 19.0. The Morgan fingerprint density at radius 3 is 1.94 bits per heavy atom. The topological polar surface area (TPSA) is 79.4 Å². The van der Waals surface area contributed by atoms with E-state index in [1.165, 1.54) is 18.3 Å². The van der Waals surface area contributed by atoms with Gasteiger partial charge in [-0.3, -0.25) is 19.7 Å². The summed E-state index contributed by atoms with van der Waals surface area (Å²) in [5, 5.41) is 5.37. The maximum atomic E-state index is 12.0. The fourth-order valence-corrected chi connectivity index (χ4v) is 3.62. The summed E-state index contributed by atoms with van der Waals surface area (Å²) in [6.07, 6.45) is 1.08. The molecule has 0 aliphatic carbocycles. The number of hydrogen-bond donors (Lipinski definition) is 1. The number of rotatable bonds is 3. The number of ketones is 1. The highest BCUT2D eigenvalue weighted by Gasteiger charge is 2.17. The summed E-state index contributed by atoms with van der Waals surface area (Å²) in [6.45, 7) is 10.8. The number of benzene rings is 2. The van der Waals surface area contributed by atoms with Crippen LogP contribution in [0.2, 0.25) is 0 Å². The van der Waals surface area contributed by atoms with Crippen molar-refractivity contribution >= 4 is 34.1 Å². The minimum Gasteiger partial charge on any atom is -0.342 e. The Bertz CT molecular complexity index is 994. The van der Waals surface area contributed by atoms with Gasteiger partial charge in [0.1, 0.15) is 5.78 Å². The molecule has 6 nitrogen and oxygen atoms in total. The number of aromatic nitrogens is 1. The Hall–Kier alpha value is -3.32. The molecule has 3 aromatic rings. The van der Waals surface area contributed by atoms with Gasteiger partial charge in [0.15, 0.2) is 5.13 Å². The van der Waals surface area contributed by atoms with E-state index in [1.54, 1.807) is 17.0 Å². The number of carbonyl (C=O) groups excluding carboxylic acids is 3. The SMILES string of the molecule is CC.CC.CC(=O)N1CCC(=O)CC1.O=C(Nc1nc(-c2ccccc2)cs1)c1ccccc1. The summed E-state index contributed by atoms with van der Waals surface area (Å²) in [5.41, 5.74) is 2.55. The van der Waals surface area contributed by atoms with Crippen molar-refractivity contribution < 1.29 is 14.4 Å². The van der Waals surface area contributed by atoms with E-state index in [4.69, 9.17) is 0 Å². The highest BCUT2D eigenvalue weighted by molar-refractivity contribution is 7.14. The lowest BCUT2D eigenvalue weighted by Crippen LogP contribution is -2.36. The normalized spacial score (nSPS) is 12.0. The van der Waals surface area contributed by atoms with Crippen LogP contribution in [0, 0.1) is 0 Å². The zero-order valence-corrected chi connectivity index (χ0v) is 21.5. The van der Waals surface area contributed by atoms with Crippen molar-refractivity contribution in [1.29, 1.82) is 0 Å². The van der Waals surface area contributed by atoms with Gasteiger partial charge in [0.2, 0.25) is 5.91 Å². The number of thiazole rings is 1. The van der Waals surface area contributed by atoms with Crippen LogP contribution in [0.1, 0.15) is 57.8 Å². The number of carbonyl (C=O) groups is 3. The molecule has 0 unspecified atom stereocenters. The first-order valence-electron chi connectivity index (χ1n) is 11.7. The Morgan fingerprint density at radius 1 is 0.882 bits per heavy atom. The number of anilines is 1. The van der Waals surface area contributed by atoms with Crippen LogP contribution in [0.4, 0.5) is 5.13 Å². The van der Waals surface area contributed by atoms with Gasteiger partial charge in [-0.15, -0.1) is 11.3 Å². The predicted octanol–water partition coefficient (Wildman–Crippen LogP) is 6.31. The Balaban J connectivity index is 0.000000349. The van der Waals surface area contributed by atoms with Gasteiger partial charge in [0.25, 0.3) is 5.91 Å². The molecule has 34 heavy (non-hydrogen) atoms. The van der Waals surface area contributed by atoms with Gasteiger partial charge in [-0.05, 0) is 12.1 Å². The summed E-state index contributed by atoms with van der Waals surface area (Å²) < 4.78 is 0. The minimum atomic E-state index is -0.139. The molecule has 2 aromatic carbocycles. The van der Waals surface area contributed by atoms with Crippen molar-refractivity contribution in [3.63, 3.8) is 0 Å². The third kappa shape index (κ3) is 9.67. The first-order valence-corrected chi connectivity index (χ1v) is 12.6. The van der Waals surface area contributed by atoms with Crippen molar-refractivity contribution in [2.75, 3.05) is 18.4 Å². The highest BCUT2D eigenvalue weighted by atomic mass is 32.1. The minimum absolute atomic E-state index is 0.0764. The molecule has 1 fully saturated rings. The monoisotopic (exact) mass is 481 g/mol. The second kappa shape index (κ2) is 16.3. The van der Waals surface area contributed by atoms with Crippen LogP contribution in [0.5, 0.6) is 0 Å². The molecule has 2 amide bonds. The lowest BCUT2D eigenvalue weighted by molar-refractivity contribution is -0.132. The van der Waals surface area contributed by atoms with Crippen LogP contribution in [0.25, 0.3) is 11.3 Å². The molecule has 7 heteroatoms. The first kappa shape index (κ1) is 28.7. The molecule has 2 heterocycles. The van der Waals surface area contributed by atoms with Gasteiger partial charge in [-0.2, -0.15) is 0 Å². The van der Waals surface area contributed by atoms with Gasteiger partial charge in [0.05, 0.1) is 5.69 Å². The van der Waals surface area contributed by atoms with E-state index in [1.807, 2.05) is 81.6 Å². The van der Waals surface area contributed by atoms with E-state index in [0.29, 0.717) is 36.6 Å². The molecule has 0 saturated carbocycles. The fourth-order valence-electron chi connectivity index (χ4n) is 2.90. The second-order valence-electron chi connectivity index (χ2n) is 6.77. The number of Topliss-reactive ketones (excluding diaryl/α,β-unsaturated/α-hetero) is 1. The zero-order chi connectivity index (χ0) is 25.3. The third-order valence-corrected chi connectivity index (χ3v) is 5.35. The number of nitrogens with zero attached hydrogens (tertiary/aromatic N) is 2. The Morgan fingerprint density at radius 2 is 1.41 bits per heavy atom. The molecule has 1 aliphatic rings. The summed E-state index contributed by atoms with van der Waals surface area (Å²) in [7, 11) is 0. The number of piperidine rings is 1. The number of amides is 2. The Labute approximate surface area is 207 Å². The molecule has 1 aromatic heterocycles. The molecule has 1 aliphatic heterocycles. The Kier molecular flexibility index (Phi) is 13.8. The van der Waals surface area contributed by atoms with Crippen LogP contribution < -0.4 is 5.32 Å². The van der Waals surface area contributed by atoms with Crippen LogP contribution in [-0.4, -0.2) is 40.6 Å². The van der Waals surface area contributed by atoms with Gasteiger partial charge < -0.3 is 4.90 Å². The quantitative estimate of drug-likeness (QED) is 0.475. The van der Waals surface area contributed by atoms with Gasteiger partial charge in [-0.1, -0.05) is 76.2 Å². The first-order chi connectivity index (χ1) is 16.5. The summed E-state index contributed by atoms with van der Waals surface area (Å²) in [4.78, 5) is 39.6. The fraction of sp³-hybridized carbons (Fsp3) is 0.333. The number of hydrogen-bond acceptors (Lipinski definition) is 5. The lowest BCUT2D eigenvalue weighted by Gasteiger charge is -2.24. The summed E-state index contributed by atoms with van der Waals surface area (Å²) in [5.74, 6) is 0.213. The van der Waals surface area contributed by atoms with E-state index in [0.717, 1.165) is 11.3 Å². The van der Waals surface area contributed by atoms with Gasteiger partial charge in [0, 0.05) is 49.4 Å². The van der Waals surface area contributed by atoms with Crippen molar-refractivity contribution in [2.24, 2.45) is 0 Å². The smallest absolute Gasteiger partial charge is 0.257 e. The number of nitrogens with one attached hydrogen (secondary N) is 1. The maximum absolute atomic E-state index is 12.0. The largest absolute Gasteiger partial charge is 0.342 e. The van der Waals surface area contributed by atoms with Gasteiger partial charge in [-0.25, -0.2) is 4.98 Å². The molecular weight excluding hydrogens is 446 g/mol. The van der Waals surface area contributed by atoms with E-state index < -0.39 is 0 Å². The van der Waals surface area contributed by atoms with Crippen LogP contribution in [-0.2, 0) is 9.59 Å². The van der Waals surface area contributed by atoms with Crippen molar-refractivity contribution in [3.8, 4) is 11.3 Å². The van der Waals surface area contributed by atoms with Crippen LogP contribution in [0.3, 0.4) is 0 Å². The molecule has 4 rings (SSSR count). The molecular formula is C27H35N3O3S. The van der Waals surface area contributed by atoms with Crippen molar-refractivity contribution in [2.45, 2.75) is 47.5 Å². The van der Waals surface area contributed by atoms with E-state index in [-0.39, 0.29) is 17.6 Å². The second-order valence-corrected chi connectivity index (χ2v) is 7.63. The van der Waals surface area contributed by atoms with E-state index >= 15 is 0 Å². The molecule has 0 radical (unpaired) electrons. The molecule has 1 saturated heterocycles. The van der Waals surface area contributed by atoms with E-state index in [9.17, 15) is 14.4 Å². The van der Waals surface area contributed by atoms with E-state index in [2.05, 4.69) is 10.3 Å². The molecule has 182 valence electrons. The zero-order valence-electron chi connectivity index (χ0n) is 20.7. The van der Waals surface area contributed by atoms with Gasteiger partial charge >= 0.3 is 0 Å². The maximum Gasteiger partial charge on any atom is 0.257 e. The van der Waals surface area contributed by atoms with Crippen molar-refractivity contribution in [3.05, 3.63) is 71.6 Å². The van der Waals surface area contributed by atoms with Crippen molar-refractivity contribution in [1.82, 2.24) is 9.88 Å². The molecule has 1 N–H and O–H groups in total.